The summed E-state index contributed by atoms with van der Waals surface area (Å²) in [4.78, 5) is 1.50. The van der Waals surface area contributed by atoms with E-state index < -0.39 is 0 Å². The number of fused-ring (bicyclic) bond motifs is 1. The van der Waals surface area contributed by atoms with Crippen LogP contribution in [0.1, 0.15) is 25.1 Å². The second kappa shape index (κ2) is 3.78. The number of nitrogens with two attached hydrogens (primary N) is 1. The first-order valence-electron chi connectivity index (χ1n) is 5.95. The van der Waals surface area contributed by atoms with Gasteiger partial charge in [-0.25, -0.2) is 0 Å². The number of hydrazine groups is 1. The molecule has 0 aromatic carbocycles. The minimum Gasteiger partial charge on any atom is -0.271 e. The first-order valence-corrected chi connectivity index (χ1v) is 5.95. The van der Waals surface area contributed by atoms with Crippen LogP contribution < -0.4 is 11.3 Å². The zero-order valence-corrected chi connectivity index (χ0v) is 9.50. The van der Waals surface area contributed by atoms with Crippen LogP contribution in [0, 0.1) is 17.8 Å². The highest BCUT2D eigenvalue weighted by Gasteiger charge is 2.47. The number of rotatable bonds is 4. The molecule has 0 saturated heterocycles. The fraction of sp³-hybridized carbons (Fsp3) is 0.900. The SMILES string of the molecule is Cn1nnc(CC(NN)C2CC3CC3C2)n1. The summed E-state index contributed by atoms with van der Waals surface area (Å²) < 4.78 is 0. The highest BCUT2D eigenvalue weighted by molar-refractivity contribution is 5.00. The number of aromatic nitrogens is 4. The lowest BCUT2D eigenvalue weighted by molar-refractivity contribution is 0.331. The molecule has 3 atom stereocenters. The molecule has 3 N–H and O–H groups in total. The summed E-state index contributed by atoms with van der Waals surface area (Å²) in [6, 6.07) is 0.303. The zero-order valence-electron chi connectivity index (χ0n) is 9.50. The predicted molar refractivity (Wildman–Crippen MR) is 57.9 cm³/mol. The summed E-state index contributed by atoms with van der Waals surface area (Å²) in [5.74, 6) is 9.07. The molecule has 0 aliphatic heterocycles. The maximum absolute atomic E-state index is 5.63. The topological polar surface area (TPSA) is 81.7 Å². The Bertz CT molecular complexity index is 365. The van der Waals surface area contributed by atoms with Crippen molar-refractivity contribution in [3.05, 3.63) is 5.82 Å². The third kappa shape index (κ3) is 1.82. The molecule has 1 aromatic rings. The molecule has 16 heavy (non-hydrogen) atoms. The van der Waals surface area contributed by atoms with Gasteiger partial charge in [-0.3, -0.25) is 11.3 Å². The first-order chi connectivity index (χ1) is 7.76. The highest BCUT2D eigenvalue weighted by atomic mass is 15.6. The fourth-order valence-electron chi connectivity index (χ4n) is 3.05. The van der Waals surface area contributed by atoms with E-state index in [1.165, 1.54) is 24.1 Å². The van der Waals surface area contributed by atoms with Crippen molar-refractivity contribution in [3.63, 3.8) is 0 Å². The number of hydrogen-bond donors (Lipinski definition) is 2. The molecular formula is C10H18N6. The lowest BCUT2D eigenvalue weighted by Crippen LogP contribution is -2.42. The van der Waals surface area contributed by atoms with Crippen molar-refractivity contribution in [2.45, 2.75) is 31.7 Å². The van der Waals surface area contributed by atoms with Gasteiger partial charge in [-0.1, -0.05) is 0 Å². The zero-order chi connectivity index (χ0) is 11.1. The first kappa shape index (κ1) is 10.2. The van der Waals surface area contributed by atoms with Crippen LogP contribution in [0.5, 0.6) is 0 Å². The van der Waals surface area contributed by atoms with Gasteiger partial charge in [-0.05, 0) is 42.2 Å². The van der Waals surface area contributed by atoms with Crippen molar-refractivity contribution in [1.82, 2.24) is 25.6 Å². The summed E-state index contributed by atoms with van der Waals surface area (Å²) in [7, 11) is 1.78. The summed E-state index contributed by atoms with van der Waals surface area (Å²) in [6.07, 6.45) is 4.87. The van der Waals surface area contributed by atoms with E-state index in [1.54, 1.807) is 7.05 Å². The van der Waals surface area contributed by atoms with E-state index >= 15 is 0 Å². The molecule has 1 aromatic heterocycles. The Morgan fingerprint density at radius 1 is 1.44 bits per heavy atom. The Morgan fingerprint density at radius 2 is 2.19 bits per heavy atom. The van der Waals surface area contributed by atoms with Gasteiger partial charge in [0.1, 0.15) is 0 Å². The van der Waals surface area contributed by atoms with E-state index in [4.69, 9.17) is 5.84 Å². The molecule has 6 heteroatoms. The van der Waals surface area contributed by atoms with Crippen LogP contribution in [0.4, 0.5) is 0 Å². The van der Waals surface area contributed by atoms with E-state index in [1.807, 2.05) is 0 Å². The second-order valence-electron chi connectivity index (χ2n) is 5.16. The smallest absolute Gasteiger partial charge is 0.176 e. The molecule has 0 spiro atoms. The highest BCUT2D eigenvalue weighted by Crippen LogP contribution is 2.55. The molecule has 2 aliphatic carbocycles. The summed E-state index contributed by atoms with van der Waals surface area (Å²) in [5.41, 5.74) is 2.93. The molecule has 2 fully saturated rings. The van der Waals surface area contributed by atoms with Gasteiger partial charge in [-0.15, -0.1) is 10.2 Å². The second-order valence-corrected chi connectivity index (χ2v) is 5.16. The largest absolute Gasteiger partial charge is 0.271 e. The van der Waals surface area contributed by atoms with Crippen molar-refractivity contribution in [2.75, 3.05) is 0 Å². The molecule has 1 heterocycles. The van der Waals surface area contributed by atoms with Crippen molar-refractivity contribution in [1.29, 1.82) is 0 Å². The van der Waals surface area contributed by atoms with Crippen LogP contribution in [-0.2, 0) is 13.5 Å². The van der Waals surface area contributed by atoms with Gasteiger partial charge in [0.15, 0.2) is 5.82 Å². The summed E-state index contributed by atoms with van der Waals surface area (Å²) >= 11 is 0. The van der Waals surface area contributed by atoms with E-state index in [9.17, 15) is 0 Å². The molecular weight excluding hydrogens is 204 g/mol. The molecule has 88 valence electrons. The molecule has 2 saturated carbocycles. The monoisotopic (exact) mass is 222 g/mol. The third-order valence-corrected chi connectivity index (χ3v) is 4.02. The number of hydrogen-bond acceptors (Lipinski definition) is 5. The summed E-state index contributed by atoms with van der Waals surface area (Å²) in [6.45, 7) is 0. The Morgan fingerprint density at radius 3 is 2.75 bits per heavy atom. The fourth-order valence-corrected chi connectivity index (χ4v) is 3.05. The molecule has 6 nitrogen and oxygen atoms in total. The molecule has 3 unspecified atom stereocenters. The molecule has 2 aliphatic rings. The van der Waals surface area contributed by atoms with Gasteiger partial charge >= 0.3 is 0 Å². The number of tetrazole rings is 1. The van der Waals surface area contributed by atoms with Gasteiger partial charge in [0.2, 0.25) is 0 Å². The molecule has 0 radical (unpaired) electrons. The van der Waals surface area contributed by atoms with Crippen LogP contribution in [-0.4, -0.2) is 26.2 Å². The predicted octanol–water partition coefficient (Wildman–Crippen LogP) is -0.369. The van der Waals surface area contributed by atoms with E-state index in [-0.39, 0.29) is 0 Å². The average Bonchev–Trinajstić information content (AvgIpc) is 2.71. The lowest BCUT2D eigenvalue weighted by Gasteiger charge is -2.22. The van der Waals surface area contributed by atoms with Crippen LogP contribution in [0.15, 0.2) is 0 Å². The van der Waals surface area contributed by atoms with Crippen LogP contribution in [0.3, 0.4) is 0 Å². The maximum atomic E-state index is 5.63. The minimum atomic E-state index is 0.303. The Balaban J connectivity index is 1.62. The van der Waals surface area contributed by atoms with Gasteiger partial charge in [0, 0.05) is 12.5 Å². The number of nitrogens with one attached hydrogen (secondary N) is 1. The number of aryl methyl sites for hydroxylation is 1. The van der Waals surface area contributed by atoms with E-state index in [0.717, 1.165) is 24.1 Å². The molecule has 0 bridgehead atoms. The quantitative estimate of drug-likeness (QED) is 0.536. The van der Waals surface area contributed by atoms with Gasteiger partial charge in [-0.2, -0.15) is 4.80 Å². The Hall–Kier alpha value is -1.01. The van der Waals surface area contributed by atoms with Crippen LogP contribution in [0.2, 0.25) is 0 Å². The molecule has 0 amide bonds. The Kier molecular flexibility index (Phi) is 2.40. The van der Waals surface area contributed by atoms with Crippen molar-refractivity contribution in [3.8, 4) is 0 Å². The van der Waals surface area contributed by atoms with Crippen LogP contribution >= 0.6 is 0 Å². The van der Waals surface area contributed by atoms with Gasteiger partial charge in [0.05, 0.1) is 7.05 Å². The Labute approximate surface area is 94.5 Å². The van der Waals surface area contributed by atoms with Gasteiger partial charge in [0.25, 0.3) is 0 Å². The summed E-state index contributed by atoms with van der Waals surface area (Å²) in [5, 5.41) is 12.1. The maximum Gasteiger partial charge on any atom is 0.176 e. The van der Waals surface area contributed by atoms with Crippen LogP contribution in [0.25, 0.3) is 0 Å². The van der Waals surface area contributed by atoms with Gasteiger partial charge < -0.3 is 0 Å². The van der Waals surface area contributed by atoms with Crippen molar-refractivity contribution < 1.29 is 0 Å². The average molecular weight is 222 g/mol. The van der Waals surface area contributed by atoms with Crippen molar-refractivity contribution in [2.24, 2.45) is 30.6 Å². The van der Waals surface area contributed by atoms with E-state index in [2.05, 4.69) is 20.8 Å². The number of nitrogens with zero attached hydrogens (tertiary/aromatic N) is 4. The van der Waals surface area contributed by atoms with E-state index in [0.29, 0.717) is 12.0 Å². The lowest BCUT2D eigenvalue weighted by atomic mass is 9.92. The molecule has 3 rings (SSSR count). The standard InChI is InChI=1S/C10H18N6/c1-16-14-10(13-15-16)5-9(12-11)8-3-6-2-7(6)4-8/h6-9,12H,2-5,11H2,1H3. The van der Waals surface area contributed by atoms with Crippen molar-refractivity contribution >= 4 is 0 Å². The third-order valence-electron chi connectivity index (χ3n) is 4.02. The minimum absolute atomic E-state index is 0.303. The normalized spacial score (nSPS) is 33.8.